The van der Waals surface area contributed by atoms with Gasteiger partial charge in [0.05, 0.1) is 0 Å². The molecule has 0 bridgehead atoms. The minimum Gasteiger partial charge on any atom is -0.481 e. The van der Waals surface area contributed by atoms with Crippen LogP contribution in [-0.4, -0.2) is 11.1 Å². The van der Waals surface area contributed by atoms with Gasteiger partial charge in [-0.2, -0.15) is 0 Å². The Hall–Kier alpha value is -1.05. The summed E-state index contributed by atoms with van der Waals surface area (Å²) in [6.45, 7) is 10.4. The molecule has 1 aliphatic rings. The van der Waals surface area contributed by atoms with Gasteiger partial charge >= 0.3 is 5.97 Å². The molecule has 0 spiro atoms. The Bertz CT molecular complexity index is 328. The van der Waals surface area contributed by atoms with Crippen molar-refractivity contribution in [3.8, 4) is 0 Å². The maximum atomic E-state index is 10.7. The third kappa shape index (κ3) is 2.97. The smallest absolute Gasteiger partial charge is 0.303 e. The van der Waals surface area contributed by atoms with Gasteiger partial charge in [0.15, 0.2) is 0 Å². The van der Waals surface area contributed by atoms with Gasteiger partial charge in [0.25, 0.3) is 0 Å². The highest BCUT2D eigenvalue weighted by Gasteiger charge is 2.33. The van der Waals surface area contributed by atoms with E-state index in [1.165, 1.54) is 11.1 Å². The van der Waals surface area contributed by atoms with Gasteiger partial charge in [0.1, 0.15) is 0 Å². The fourth-order valence-electron chi connectivity index (χ4n) is 2.41. The van der Waals surface area contributed by atoms with Crippen molar-refractivity contribution in [3.05, 3.63) is 23.8 Å². The van der Waals surface area contributed by atoms with Gasteiger partial charge in [-0.05, 0) is 44.4 Å². The van der Waals surface area contributed by atoms with Crippen LogP contribution in [0.3, 0.4) is 0 Å². The largest absolute Gasteiger partial charge is 0.481 e. The molecule has 1 N–H and O–H groups in total. The fourth-order valence-corrected chi connectivity index (χ4v) is 2.41. The van der Waals surface area contributed by atoms with Gasteiger partial charge in [-0.1, -0.05) is 30.7 Å². The second-order valence-corrected chi connectivity index (χ2v) is 5.32. The highest BCUT2D eigenvalue weighted by atomic mass is 16.4. The molecule has 0 heterocycles. The van der Waals surface area contributed by atoms with Crippen molar-refractivity contribution in [2.45, 2.75) is 46.5 Å². The summed E-state index contributed by atoms with van der Waals surface area (Å²) in [5.41, 5.74) is 2.59. The van der Waals surface area contributed by atoms with Crippen LogP contribution in [0.5, 0.6) is 0 Å². The van der Waals surface area contributed by atoms with Crippen molar-refractivity contribution in [2.75, 3.05) is 0 Å². The Balaban J connectivity index is 2.76. The quantitative estimate of drug-likeness (QED) is 0.735. The first-order valence-corrected chi connectivity index (χ1v) is 5.89. The standard InChI is InChI=1S/C14H22O2/c1-10(2)12-6-5-11(3)14(4,9-12)8-7-13(15)16/h5,12H,1,6-9H2,2-4H3,(H,15,16)/t12-,14-/m1/s1. The van der Waals surface area contributed by atoms with Gasteiger partial charge in [0, 0.05) is 6.42 Å². The molecule has 2 nitrogen and oxygen atoms in total. The first kappa shape index (κ1) is 13.0. The molecule has 0 unspecified atom stereocenters. The summed E-state index contributed by atoms with van der Waals surface area (Å²) in [4.78, 5) is 10.7. The van der Waals surface area contributed by atoms with Crippen LogP contribution in [0.4, 0.5) is 0 Å². The molecule has 1 rings (SSSR count). The highest BCUT2D eigenvalue weighted by Crippen LogP contribution is 2.44. The Morgan fingerprint density at radius 3 is 2.81 bits per heavy atom. The molecule has 2 atom stereocenters. The van der Waals surface area contributed by atoms with Gasteiger partial charge in [-0.25, -0.2) is 0 Å². The summed E-state index contributed by atoms with van der Waals surface area (Å²) >= 11 is 0. The van der Waals surface area contributed by atoms with E-state index in [1.54, 1.807) is 0 Å². The number of carbonyl (C=O) groups is 1. The molecular formula is C14H22O2. The lowest BCUT2D eigenvalue weighted by molar-refractivity contribution is -0.137. The highest BCUT2D eigenvalue weighted by molar-refractivity contribution is 5.66. The molecule has 0 aliphatic heterocycles. The predicted octanol–water partition coefficient (Wildman–Crippen LogP) is 3.79. The van der Waals surface area contributed by atoms with E-state index in [2.05, 4.69) is 33.4 Å². The molecule has 0 saturated heterocycles. The summed E-state index contributed by atoms with van der Waals surface area (Å²) in [6.07, 6.45) is 5.34. The zero-order chi connectivity index (χ0) is 12.3. The predicted molar refractivity (Wildman–Crippen MR) is 66.3 cm³/mol. The first-order valence-electron chi connectivity index (χ1n) is 5.89. The number of hydrogen-bond acceptors (Lipinski definition) is 1. The van der Waals surface area contributed by atoms with E-state index in [-0.39, 0.29) is 11.8 Å². The summed E-state index contributed by atoms with van der Waals surface area (Å²) in [7, 11) is 0. The molecule has 1 aliphatic carbocycles. The summed E-state index contributed by atoms with van der Waals surface area (Å²) in [5.74, 6) is -0.186. The van der Waals surface area contributed by atoms with Gasteiger partial charge in [0.2, 0.25) is 0 Å². The normalized spacial score (nSPS) is 29.7. The van der Waals surface area contributed by atoms with Gasteiger partial charge in [-0.15, -0.1) is 0 Å². The molecule has 0 radical (unpaired) electrons. The van der Waals surface area contributed by atoms with Gasteiger partial charge < -0.3 is 5.11 Å². The Kier molecular flexibility index (Phi) is 3.95. The summed E-state index contributed by atoms with van der Waals surface area (Å²) in [6, 6.07) is 0. The molecule has 0 fully saturated rings. The summed E-state index contributed by atoms with van der Waals surface area (Å²) < 4.78 is 0. The number of rotatable bonds is 4. The van der Waals surface area contributed by atoms with E-state index in [4.69, 9.17) is 5.11 Å². The van der Waals surface area contributed by atoms with E-state index >= 15 is 0 Å². The van der Waals surface area contributed by atoms with Crippen molar-refractivity contribution in [1.29, 1.82) is 0 Å². The lowest BCUT2D eigenvalue weighted by atomic mass is 9.67. The number of allylic oxidation sites excluding steroid dienone is 3. The van der Waals surface area contributed by atoms with Crippen LogP contribution >= 0.6 is 0 Å². The van der Waals surface area contributed by atoms with Crippen molar-refractivity contribution >= 4 is 5.97 Å². The number of hydrogen-bond donors (Lipinski definition) is 1. The van der Waals surface area contributed by atoms with Crippen LogP contribution in [0.15, 0.2) is 23.8 Å². The van der Waals surface area contributed by atoms with Crippen LogP contribution in [-0.2, 0) is 4.79 Å². The van der Waals surface area contributed by atoms with E-state index in [9.17, 15) is 4.79 Å². The molecule has 16 heavy (non-hydrogen) atoms. The second kappa shape index (κ2) is 4.86. The number of carboxylic acid groups (broad SMARTS) is 1. The Morgan fingerprint density at radius 1 is 1.69 bits per heavy atom. The van der Waals surface area contributed by atoms with Crippen LogP contribution in [0.2, 0.25) is 0 Å². The zero-order valence-corrected chi connectivity index (χ0v) is 10.5. The topological polar surface area (TPSA) is 37.3 Å². The van der Waals surface area contributed by atoms with Gasteiger partial charge in [-0.3, -0.25) is 4.79 Å². The Labute approximate surface area is 98.1 Å². The van der Waals surface area contributed by atoms with Crippen molar-refractivity contribution in [1.82, 2.24) is 0 Å². The molecule has 0 aromatic rings. The molecule has 0 aromatic heterocycles. The van der Waals surface area contributed by atoms with E-state index < -0.39 is 5.97 Å². The van der Waals surface area contributed by atoms with E-state index in [0.29, 0.717) is 5.92 Å². The third-order valence-corrected chi connectivity index (χ3v) is 3.95. The van der Waals surface area contributed by atoms with E-state index in [1.807, 2.05) is 0 Å². The molecule has 90 valence electrons. The maximum absolute atomic E-state index is 10.7. The Morgan fingerprint density at radius 2 is 2.31 bits per heavy atom. The lowest BCUT2D eigenvalue weighted by Gasteiger charge is -2.38. The molecule has 0 saturated carbocycles. The minimum absolute atomic E-state index is 0.0419. The maximum Gasteiger partial charge on any atom is 0.303 e. The monoisotopic (exact) mass is 222 g/mol. The van der Waals surface area contributed by atoms with E-state index in [0.717, 1.165) is 19.3 Å². The summed E-state index contributed by atoms with van der Waals surface area (Å²) in [5, 5.41) is 8.78. The molecular weight excluding hydrogens is 200 g/mol. The minimum atomic E-state index is -0.702. The first-order chi connectivity index (χ1) is 7.35. The van der Waals surface area contributed by atoms with Crippen molar-refractivity contribution in [3.63, 3.8) is 0 Å². The van der Waals surface area contributed by atoms with Crippen LogP contribution in [0, 0.1) is 11.3 Å². The lowest BCUT2D eigenvalue weighted by Crippen LogP contribution is -2.27. The second-order valence-electron chi connectivity index (χ2n) is 5.32. The molecule has 0 aromatic carbocycles. The molecule has 0 amide bonds. The zero-order valence-electron chi connectivity index (χ0n) is 10.5. The SMILES string of the molecule is C=C(C)[C@@H]1CC=C(C)[C@](C)(CCC(=O)O)C1. The fraction of sp³-hybridized carbons (Fsp3) is 0.643. The van der Waals surface area contributed by atoms with Crippen LogP contribution in [0.1, 0.15) is 46.5 Å². The van der Waals surface area contributed by atoms with Crippen molar-refractivity contribution in [2.24, 2.45) is 11.3 Å². The average molecular weight is 222 g/mol. The number of carboxylic acids is 1. The number of aliphatic carboxylic acids is 1. The third-order valence-electron chi connectivity index (χ3n) is 3.95. The average Bonchev–Trinajstić information content (AvgIpc) is 2.19. The van der Waals surface area contributed by atoms with Crippen LogP contribution < -0.4 is 0 Å². The van der Waals surface area contributed by atoms with Crippen molar-refractivity contribution < 1.29 is 9.90 Å². The van der Waals surface area contributed by atoms with Crippen LogP contribution in [0.25, 0.3) is 0 Å². The molecule has 2 heteroatoms.